The molecule has 0 saturated carbocycles. The van der Waals surface area contributed by atoms with Gasteiger partial charge in [0.25, 0.3) is 5.69 Å². The molecule has 1 aromatic rings. The number of carbonyl (C=O) groups is 1. The summed E-state index contributed by atoms with van der Waals surface area (Å²) >= 11 is 0. The number of anilines is 1. The number of sulfonamides is 1. The number of nitrogens with two attached hydrogens (primary N) is 1. The highest BCUT2D eigenvalue weighted by Gasteiger charge is 2.20. The molecule has 1 aromatic carbocycles. The minimum absolute atomic E-state index is 0.195. The lowest BCUT2D eigenvalue weighted by molar-refractivity contribution is -0.384. The van der Waals surface area contributed by atoms with Gasteiger partial charge in [0.15, 0.2) is 0 Å². The Balaban J connectivity index is 3.30. The Morgan fingerprint density at radius 1 is 1.50 bits per heavy atom. The molecule has 0 aliphatic carbocycles. The zero-order chi connectivity index (χ0) is 13.9. The topological polar surface area (TPSA) is 142 Å². The number of amides is 1. The standard InChI is InChI=1S/C8H9N3O6S/c1-17-8(12)10-6-3-2-5(18(9,15)16)4-7(6)11(13)14/h2-4H,1H3,(H,10,12)(H2,9,15,16). The maximum atomic E-state index is 11.0. The fourth-order valence-electron chi connectivity index (χ4n) is 1.11. The second-order valence-corrected chi connectivity index (χ2v) is 4.66. The van der Waals surface area contributed by atoms with E-state index in [4.69, 9.17) is 5.14 Å². The number of hydrogen-bond acceptors (Lipinski definition) is 6. The molecule has 10 heteroatoms. The average Bonchev–Trinajstić information content (AvgIpc) is 2.27. The quantitative estimate of drug-likeness (QED) is 0.604. The third kappa shape index (κ3) is 3.15. The molecule has 0 aromatic heterocycles. The first-order chi connectivity index (χ1) is 8.25. The highest BCUT2D eigenvalue weighted by molar-refractivity contribution is 7.89. The zero-order valence-corrected chi connectivity index (χ0v) is 9.93. The molecule has 0 spiro atoms. The van der Waals surface area contributed by atoms with Crippen molar-refractivity contribution in [2.45, 2.75) is 4.90 Å². The normalized spacial score (nSPS) is 10.8. The molecule has 18 heavy (non-hydrogen) atoms. The number of nitro groups is 1. The molecule has 3 N–H and O–H groups in total. The summed E-state index contributed by atoms with van der Waals surface area (Å²) in [5.74, 6) is 0. The predicted molar refractivity (Wildman–Crippen MR) is 60.5 cm³/mol. The molecule has 0 fully saturated rings. The maximum Gasteiger partial charge on any atom is 0.411 e. The van der Waals surface area contributed by atoms with Gasteiger partial charge in [-0.05, 0) is 12.1 Å². The number of carbonyl (C=O) groups excluding carboxylic acids is 1. The van der Waals surface area contributed by atoms with E-state index in [1.54, 1.807) is 0 Å². The summed E-state index contributed by atoms with van der Waals surface area (Å²) in [6.07, 6.45) is -0.915. The van der Waals surface area contributed by atoms with Crippen LogP contribution in [0.5, 0.6) is 0 Å². The lowest BCUT2D eigenvalue weighted by Crippen LogP contribution is -2.15. The van der Waals surface area contributed by atoms with E-state index in [-0.39, 0.29) is 5.69 Å². The molecule has 98 valence electrons. The van der Waals surface area contributed by atoms with Gasteiger partial charge in [0.1, 0.15) is 5.69 Å². The van der Waals surface area contributed by atoms with Crippen molar-refractivity contribution in [1.82, 2.24) is 0 Å². The Labute approximate surface area is 102 Å². The molecule has 1 rings (SSSR count). The maximum absolute atomic E-state index is 11.0. The first kappa shape index (κ1) is 13.9. The van der Waals surface area contributed by atoms with Crippen LogP contribution in [0.25, 0.3) is 0 Å². The minimum atomic E-state index is -4.06. The van der Waals surface area contributed by atoms with Crippen molar-refractivity contribution in [3.05, 3.63) is 28.3 Å². The number of nitrogens with one attached hydrogen (secondary N) is 1. The van der Waals surface area contributed by atoms with Gasteiger partial charge >= 0.3 is 6.09 Å². The van der Waals surface area contributed by atoms with Gasteiger partial charge in [0, 0.05) is 6.07 Å². The summed E-state index contributed by atoms with van der Waals surface area (Å²) in [6.45, 7) is 0. The van der Waals surface area contributed by atoms with E-state index in [1.807, 2.05) is 0 Å². The Morgan fingerprint density at radius 2 is 2.11 bits per heavy atom. The Bertz CT molecular complexity index is 597. The third-order valence-corrected chi connectivity index (χ3v) is 2.83. The van der Waals surface area contributed by atoms with Crippen LogP contribution in [0, 0.1) is 10.1 Å². The molecule has 0 aliphatic rings. The van der Waals surface area contributed by atoms with Crippen LogP contribution in [0.2, 0.25) is 0 Å². The number of ether oxygens (including phenoxy) is 1. The lowest BCUT2D eigenvalue weighted by atomic mass is 10.2. The molecule has 0 bridgehead atoms. The number of primary sulfonamides is 1. The number of benzene rings is 1. The highest BCUT2D eigenvalue weighted by atomic mass is 32.2. The molecule has 1 amide bonds. The van der Waals surface area contributed by atoms with Crippen molar-refractivity contribution < 1.29 is 22.9 Å². The number of nitrogens with zero attached hydrogens (tertiary/aromatic N) is 1. The van der Waals surface area contributed by atoms with Crippen molar-refractivity contribution in [2.24, 2.45) is 5.14 Å². The molecule has 0 saturated heterocycles. The van der Waals surface area contributed by atoms with Gasteiger partial charge in [-0.2, -0.15) is 0 Å². The summed E-state index contributed by atoms with van der Waals surface area (Å²) in [4.78, 5) is 20.4. The molecule has 0 heterocycles. The SMILES string of the molecule is COC(=O)Nc1ccc(S(N)(=O)=O)cc1[N+](=O)[O-]. The van der Waals surface area contributed by atoms with E-state index in [0.717, 1.165) is 25.3 Å². The zero-order valence-electron chi connectivity index (χ0n) is 9.11. The monoisotopic (exact) mass is 275 g/mol. The summed E-state index contributed by atoms with van der Waals surface area (Å²) < 4.78 is 26.4. The Kier molecular flexibility index (Phi) is 3.83. The Morgan fingerprint density at radius 3 is 2.56 bits per heavy atom. The van der Waals surface area contributed by atoms with Crippen molar-refractivity contribution >= 4 is 27.5 Å². The molecule has 0 radical (unpaired) electrons. The van der Waals surface area contributed by atoms with Crippen molar-refractivity contribution in [1.29, 1.82) is 0 Å². The van der Waals surface area contributed by atoms with Gasteiger partial charge < -0.3 is 4.74 Å². The van der Waals surface area contributed by atoms with Crippen LogP contribution in [0.15, 0.2) is 23.1 Å². The van der Waals surface area contributed by atoms with Crippen molar-refractivity contribution in [3.8, 4) is 0 Å². The third-order valence-electron chi connectivity index (χ3n) is 1.92. The number of nitro benzene ring substituents is 1. The van der Waals surface area contributed by atoms with Crippen LogP contribution < -0.4 is 10.5 Å². The smallest absolute Gasteiger partial charge is 0.411 e. The Hall–Kier alpha value is -2.20. The molecule has 9 nitrogen and oxygen atoms in total. The summed E-state index contributed by atoms with van der Waals surface area (Å²) in [5, 5.41) is 17.7. The summed E-state index contributed by atoms with van der Waals surface area (Å²) in [5.41, 5.74) is -0.800. The highest BCUT2D eigenvalue weighted by Crippen LogP contribution is 2.27. The first-order valence-corrected chi connectivity index (χ1v) is 5.96. The molecular formula is C8H9N3O6S. The van der Waals surface area contributed by atoms with Crippen LogP contribution in [0.4, 0.5) is 16.2 Å². The second kappa shape index (κ2) is 4.98. The van der Waals surface area contributed by atoms with Crippen LogP contribution in [-0.4, -0.2) is 26.5 Å². The van der Waals surface area contributed by atoms with Crippen LogP contribution in [0.3, 0.4) is 0 Å². The molecule has 0 atom stereocenters. The fraction of sp³-hybridized carbons (Fsp3) is 0.125. The van der Waals surface area contributed by atoms with Gasteiger partial charge in [0.2, 0.25) is 10.0 Å². The fourth-order valence-corrected chi connectivity index (χ4v) is 1.64. The molecular weight excluding hydrogens is 266 g/mol. The first-order valence-electron chi connectivity index (χ1n) is 4.42. The molecule has 0 unspecified atom stereocenters. The van der Waals surface area contributed by atoms with E-state index < -0.39 is 31.6 Å². The van der Waals surface area contributed by atoms with Gasteiger partial charge in [-0.1, -0.05) is 0 Å². The van der Waals surface area contributed by atoms with Crippen LogP contribution in [0.1, 0.15) is 0 Å². The number of methoxy groups -OCH3 is 1. The lowest BCUT2D eigenvalue weighted by Gasteiger charge is -2.05. The predicted octanol–water partition coefficient (Wildman–Crippen LogP) is 0.420. The van der Waals surface area contributed by atoms with E-state index in [9.17, 15) is 23.3 Å². The van der Waals surface area contributed by atoms with Crippen LogP contribution >= 0.6 is 0 Å². The van der Waals surface area contributed by atoms with Gasteiger partial charge in [0.05, 0.1) is 16.9 Å². The van der Waals surface area contributed by atoms with Crippen molar-refractivity contribution in [3.63, 3.8) is 0 Å². The van der Waals surface area contributed by atoms with E-state index in [2.05, 4.69) is 10.1 Å². The van der Waals surface area contributed by atoms with Gasteiger partial charge in [-0.25, -0.2) is 18.4 Å². The average molecular weight is 275 g/mol. The van der Waals surface area contributed by atoms with E-state index in [0.29, 0.717) is 0 Å². The van der Waals surface area contributed by atoms with E-state index in [1.165, 1.54) is 0 Å². The number of hydrogen-bond donors (Lipinski definition) is 2. The van der Waals surface area contributed by atoms with Crippen LogP contribution in [-0.2, 0) is 14.8 Å². The van der Waals surface area contributed by atoms with E-state index >= 15 is 0 Å². The minimum Gasteiger partial charge on any atom is -0.453 e. The van der Waals surface area contributed by atoms with Gasteiger partial charge in [-0.3, -0.25) is 15.4 Å². The molecule has 0 aliphatic heterocycles. The van der Waals surface area contributed by atoms with Crippen molar-refractivity contribution in [2.75, 3.05) is 12.4 Å². The largest absolute Gasteiger partial charge is 0.453 e. The summed E-state index contributed by atoms with van der Waals surface area (Å²) in [6, 6.07) is 2.84. The summed E-state index contributed by atoms with van der Waals surface area (Å²) in [7, 11) is -2.97. The number of rotatable bonds is 3. The van der Waals surface area contributed by atoms with Gasteiger partial charge in [-0.15, -0.1) is 0 Å². The second-order valence-electron chi connectivity index (χ2n) is 3.10.